The molecule has 3 saturated heterocycles. The van der Waals surface area contributed by atoms with Crippen molar-refractivity contribution >= 4 is 87.2 Å². The molecule has 0 aliphatic carbocycles. The number of nitrogens with zero attached hydrogens (tertiary/aromatic N) is 3. The second-order valence-electron chi connectivity index (χ2n) is 16.1. The number of hydrogen-bond acceptors (Lipinski definition) is 12. The third kappa shape index (κ3) is 9.42. The first-order valence-electron chi connectivity index (χ1n) is 20.5. The molecule has 64 heavy (non-hydrogen) atoms. The number of thiophene rings is 1. The number of carbonyl (C=O) groups is 4. The number of halogens is 1. The van der Waals surface area contributed by atoms with Gasteiger partial charge in [0, 0.05) is 42.9 Å². The Kier molecular flexibility index (Phi) is 14.2. The van der Waals surface area contributed by atoms with Crippen LogP contribution in [0.25, 0.3) is 31.8 Å². The van der Waals surface area contributed by atoms with Crippen LogP contribution in [0.5, 0.6) is 17.2 Å². The number of rotatable bonds is 11. The van der Waals surface area contributed by atoms with Gasteiger partial charge in [-0.25, -0.2) is 4.79 Å². The van der Waals surface area contributed by atoms with Gasteiger partial charge >= 0.3 is 24.8 Å². The van der Waals surface area contributed by atoms with E-state index in [1.165, 1.54) is 47.3 Å². The van der Waals surface area contributed by atoms with Crippen LogP contribution < -0.4 is 10.1 Å². The molecule has 13 nitrogen and oxygen atoms in total. The summed E-state index contributed by atoms with van der Waals surface area (Å²) >= 11 is 9.05. The number of likely N-dealkylation sites (tertiary alicyclic amines) is 1. The number of benzene rings is 4. The molecule has 4 N–H and O–H groups in total. The summed E-state index contributed by atoms with van der Waals surface area (Å²) in [6.07, 6.45) is 3.85. The van der Waals surface area contributed by atoms with Gasteiger partial charge in [0.15, 0.2) is 5.78 Å². The predicted octanol–water partition coefficient (Wildman–Crippen LogP) is 7.98. The van der Waals surface area contributed by atoms with E-state index in [0.29, 0.717) is 34.1 Å². The van der Waals surface area contributed by atoms with E-state index in [4.69, 9.17) is 20.9 Å². The van der Waals surface area contributed by atoms with Gasteiger partial charge in [-0.05, 0) is 125 Å². The van der Waals surface area contributed by atoms with E-state index in [1.807, 2.05) is 24.3 Å². The third-order valence-electron chi connectivity index (χ3n) is 11.5. The van der Waals surface area contributed by atoms with Gasteiger partial charge in [0.2, 0.25) is 5.91 Å². The zero-order chi connectivity index (χ0) is 44.6. The fourth-order valence-corrected chi connectivity index (χ4v) is 11.4. The molecule has 0 unspecified atom stereocenters. The van der Waals surface area contributed by atoms with E-state index in [9.17, 15) is 34.5 Å². The molecule has 0 spiro atoms. The van der Waals surface area contributed by atoms with Crippen molar-refractivity contribution < 1.29 is 43.8 Å². The zero-order valence-corrected chi connectivity index (χ0v) is 37.1. The van der Waals surface area contributed by atoms with Gasteiger partial charge in [0.1, 0.15) is 58.3 Å². The van der Waals surface area contributed by atoms with E-state index < -0.39 is 40.0 Å². The molecule has 0 radical (unpaired) electrons. The number of amides is 2. The fourth-order valence-electron chi connectivity index (χ4n) is 8.28. The molecule has 328 valence electrons. The summed E-state index contributed by atoms with van der Waals surface area (Å²) in [6.45, 7) is 9.01. The normalized spacial score (nSPS) is 18.8. The van der Waals surface area contributed by atoms with Crippen LogP contribution in [0.4, 0.5) is 0 Å². The number of aromatic hydroxyl groups is 2. The Bertz CT molecular complexity index is 2700. The Labute approximate surface area is 394 Å². The Morgan fingerprint density at radius 2 is 1.62 bits per heavy atom. The number of hydrogen-bond donors (Lipinski definition) is 4. The molecule has 0 bridgehead atoms. The van der Waals surface area contributed by atoms with Crippen LogP contribution >= 0.6 is 34.7 Å². The number of fused-ring (bicyclic) bond motifs is 2. The van der Waals surface area contributed by atoms with Gasteiger partial charge < -0.3 is 34.8 Å². The second-order valence-corrected chi connectivity index (χ2v) is 19.4. The number of carboxylic acid groups (broad SMARTS) is 1. The molecule has 9 rings (SSSR count). The summed E-state index contributed by atoms with van der Waals surface area (Å²) < 4.78 is 11.3. The maximum atomic E-state index is 13.6. The monoisotopic (exact) mass is 916 g/mol. The van der Waals surface area contributed by atoms with Crippen LogP contribution in [0.15, 0.2) is 95.5 Å². The Hall–Kier alpha value is -5.27. The number of aliphatic carboxylic acids is 1. The minimum atomic E-state index is -1.06. The Morgan fingerprint density at radius 3 is 2.31 bits per heavy atom. The number of piperidine rings is 1. The average Bonchev–Trinajstić information content (AvgIpc) is 3.92. The van der Waals surface area contributed by atoms with Crippen molar-refractivity contribution in [2.75, 3.05) is 26.2 Å². The summed E-state index contributed by atoms with van der Waals surface area (Å²) in [5, 5.41) is 36.6. The van der Waals surface area contributed by atoms with Crippen LogP contribution in [0, 0.1) is 6.92 Å². The number of carboxylic acids is 1. The van der Waals surface area contributed by atoms with E-state index in [2.05, 4.69) is 15.4 Å². The van der Waals surface area contributed by atoms with Gasteiger partial charge in [-0.15, -0.1) is 23.1 Å². The number of carbonyl (C=O) groups excluding carboxylic acids is 3. The van der Waals surface area contributed by atoms with E-state index in [-0.39, 0.29) is 47.4 Å². The number of aromatic nitrogens is 1. The molecule has 0 saturated carbocycles. The molecule has 2 amide bonds. The molecule has 6 aromatic rings. The van der Waals surface area contributed by atoms with Crippen molar-refractivity contribution in [2.45, 2.75) is 62.2 Å². The first-order valence-corrected chi connectivity index (χ1v) is 22.6. The summed E-state index contributed by atoms with van der Waals surface area (Å²) in [5.41, 5.74) is 3.05. The number of thioether (sulfide) groups is 1. The number of ether oxygens (including phenoxy) is 1. The fraction of sp³-hybridized carbons (Fsp3) is 0.298. The standard InChI is InChI=1S/C28H27NO4S.C19H18ClN3O5S.Li.H/c30-21-8-4-20(5-9-21)28-26(24-13-10-22(31)18-25(24)34-28)27(32)19-6-11-23(12-7-19)33-17-16-29-14-2-1-3-15-29;1-8-11(12(22-28-8)9-6-4-5-7-10(9)20)15(24)21-13-16(25)23-14(18(26)27)19(2,3)29-17(13)23;;/h4-13,18,30-31H,1-3,14-17H2;4-7,13-14,17H,1-3H3,(H,21,24)(H,26,27);;/t;13-,14+,17-;;/m.1../s1. The molecule has 3 fully saturated rings. The van der Waals surface area contributed by atoms with Crippen molar-refractivity contribution in [1.29, 1.82) is 0 Å². The van der Waals surface area contributed by atoms with Gasteiger partial charge in [0.05, 0.1) is 5.02 Å². The zero-order valence-electron chi connectivity index (χ0n) is 34.7. The Balaban J connectivity index is 0.000000191. The molecule has 2 aromatic heterocycles. The molecule has 17 heteroatoms. The molecule has 3 aliphatic rings. The molecule has 3 atom stereocenters. The van der Waals surface area contributed by atoms with E-state index in [0.717, 1.165) is 45.9 Å². The first kappa shape index (κ1) is 46.7. The summed E-state index contributed by atoms with van der Waals surface area (Å²) in [4.78, 5) is 55.5. The van der Waals surface area contributed by atoms with Crippen LogP contribution in [-0.2, 0) is 9.59 Å². The van der Waals surface area contributed by atoms with Crippen molar-refractivity contribution in [2.24, 2.45) is 0 Å². The van der Waals surface area contributed by atoms with Crippen molar-refractivity contribution in [3.05, 3.63) is 118 Å². The SMILES string of the molecule is Cc1onc(-c2ccccc2Cl)c1C(=O)N[C@@H]1C(=O)N2[C@@H]1SC(C)(C)[C@@H]2C(=O)O.O=C(c1ccc(OCCN2CCCCC2)cc1)c1c(-c2ccc(O)cc2)sc2cc(O)ccc12.[LiH]. The average molecular weight is 917 g/mol. The van der Waals surface area contributed by atoms with Crippen molar-refractivity contribution in [3.63, 3.8) is 0 Å². The maximum absolute atomic E-state index is 13.6. The molecule has 5 heterocycles. The van der Waals surface area contributed by atoms with Crippen molar-refractivity contribution in [1.82, 2.24) is 20.3 Å². The van der Waals surface area contributed by atoms with Gasteiger partial charge in [0.25, 0.3) is 5.91 Å². The predicted molar refractivity (Wildman–Crippen MR) is 250 cm³/mol. The molecular weight excluding hydrogens is 871 g/mol. The topological polar surface area (TPSA) is 183 Å². The summed E-state index contributed by atoms with van der Waals surface area (Å²) in [7, 11) is 0. The number of phenolic OH excluding ortho intramolecular Hbond substituents is 2. The van der Waals surface area contributed by atoms with Crippen LogP contribution in [-0.4, -0.2) is 121 Å². The summed E-state index contributed by atoms with van der Waals surface area (Å²) in [6, 6.07) is 24.4. The first-order chi connectivity index (χ1) is 30.2. The number of ketones is 1. The van der Waals surface area contributed by atoms with Crippen LogP contribution in [0.1, 0.15) is 65.1 Å². The number of aryl methyl sites for hydroxylation is 1. The number of β-lactam (4-membered cyclic amide) rings is 1. The molecule has 4 aromatic carbocycles. The quantitative estimate of drug-likeness (QED) is 0.0560. The summed E-state index contributed by atoms with van der Waals surface area (Å²) in [5.74, 6) is -0.687. The Morgan fingerprint density at radius 1 is 0.938 bits per heavy atom. The van der Waals surface area contributed by atoms with Gasteiger partial charge in [-0.3, -0.25) is 19.3 Å². The molecule has 3 aliphatic heterocycles. The number of phenols is 2. The number of nitrogens with one attached hydrogen (secondary N) is 1. The van der Waals surface area contributed by atoms with Crippen LogP contribution in [0.2, 0.25) is 5.02 Å². The van der Waals surface area contributed by atoms with Gasteiger partial charge in [-0.2, -0.15) is 0 Å². The van der Waals surface area contributed by atoms with E-state index >= 15 is 0 Å². The second kappa shape index (κ2) is 19.5. The third-order valence-corrected chi connectivity index (χ3v) is 14.6. The minimum absolute atomic E-state index is 0. The molecular formula is C47H46ClLiN4O9S2. The van der Waals surface area contributed by atoms with Gasteiger partial charge in [-0.1, -0.05) is 41.4 Å². The van der Waals surface area contributed by atoms with E-state index in [1.54, 1.807) is 87.5 Å². The van der Waals surface area contributed by atoms with Crippen LogP contribution in [0.3, 0.4) is 0 Å². The van der Waals surface area contributed by atoms with Crippen molar-refractivity contribution in [3.8, 4) is 38.9 Å².